The first-order valence-electron chi connectivity index (χ1n) is 8.09. The van der Waals surface area contributed by atoms with Crippen molar-refractivity contribution in [1.29, 1.82) is 0 Å². The Morgan fingerprint density at radius 3 is 2.48 bits per heavy atom. The van der Waals surface area contributed by atoms with Crippen molar-refractivity contribution < 1.29 is 9.13 Å². The first kappa shape index (κ1) is 16.4. The third-order valence-corrected chi connectivity index (χ3v) is 4.75. The Kier molecular flexibility index (Phi) is 5.39. The number of aryl methyl sites for hydroxylation is 2. The van der Waals surface area contributed by atoms with E-state index in [1.807, 2.05) is 13.8 Å². The zero-order valence-corrected chi connectivity index (χ0v) is 13.8. The van der Waals surface area contributed by atoms with Gasteiger partial charge in [-0.25, -0.2) is 4.39 Å². The maximum atomic E-state index is 14.7. The number of halogens is 1. The number of methoxy groups -OCH3 is 1. The highest BCUT2D eigenvalue weighted by Crippen LogP contribution is 2.44. The van der Waals surface area contributed by atoms with Crippen LogP contribution in [0.3, 0.4) is 0 Å². The SMILES string of the molecule is CCCNC(c1c(C)cc(C)cc1F)C1(OC)CCCC1. The molecule has 118 valence electrons. The monoisotopic (exact) mass is 293 g/mol. The molecule has 0 bridgehead atoms. The Bertz CT molecular complexity index is 457. The van der Waals surface area contributed by atoms with E-state index >= 15 is 0 Å². The number of rotatable bonds is 6. The second-order valence-corrected chi connectivity index (χ2v) is 6.34. The van der Waals surface area contributed by atoms with Crippen LogP contribution in [0.5, 0.6) is 0 Å². The van der Waals surface area contributed by atoms with Gasteiger partial charge in [-0.05, 0) is 56.8 Å². The zero-order valence-electron chi connectivity index (χ0n) is 13.8. The summed E-state index contributed by atoms with van der Waals surface area (Å²) >= 11 is 0. The lowest BCUT2D eigenvalue weighted by Gasteiger charge is -2.38. The summed E-state index contributed by atoms with van der Waals surface area (Å²) in [5.41, 5.74) is 2.51. The van der Waals surface area contributed by atoms with Crippen LogP contribution in [0.25, 0.3) is 0 Å². The molecule has 0 heterocycles. The molecule has 2 rings (SSSR count). The number of ether oxygens (including phenoxy) is 1. The summed E-state index contributed by atoms with van der Waals surface area (Å²) in [5.74, 6) is -0.107. The second kappa shape index (κ2) is 6.89. The van der Waals surface area contributed by atoms with E-state index in [1.165, 1.54) is 0 Å². The summed E-state index contributed by atoms with van der Waals surface area (Å²) in [7, 11) is 1.77. The van der Waals surface area contributed by atoms with Gasteiger partial charge in [0.2, 0.25) is 0 Å². The summed E-state index contributed by atoms with van der Waals surface area (Å²) in [4.78, 5) is 0. The molecule has 21 heavy (non-hydrogen) atoms. The van der Waals surface area contributed by atoms with Gasteiger partial charge in [0, 0.05) is 12.7 Å². The van der Waals surface area contributed by atoms with Crippen molar-refractivity contribution in [3.05, 3.63) is 34.6 Å². The van der Waals surface area contributed by atoms with E-state index in [0.29, 0.717) is 0 Å². The van der Waals surface area contributed by atoms with E-state index in [2.05, 4.69) is 18.3 Å². The molecular formula is C18H28FNO. The van der Waals surface area contributed by atoms with Crippen molar-refractivity contribution >= 4 is 0 Å². The van der Waals surface area contributed by atoms with Gasteiger partial charge in [-0.1, -0.05) is 25.8 Å². The summed E-state index contributed by atoms with van der Waals surface area (Å²) < 4.78 is 20.6. The lowest BCUT2D eigenvalue weighted by Crippen LogP contribution is -2.44. The second-order valence-electron chi connectivity index (χ2n) is 6.34. The van der Waals surface area contributed by atoms with Crippen LogP contribution in [0.15, 0.2) is 12.1 Å². The molecule has 1 aromatic rings. The Balaban J connectivity index is 2.45. The topological polar surface area (TPSA) is 21.3 Å². The summed E-state index contributed by atoms with van der Waals surface area (Å²) in [6, 6.07) is 3.64. The molecule has 1 N–H and O–H groups in total. The number of nitrogens with one attached hydrogen (secondary N) is 1. The summed E-state index contributed by atoms with van der Waals surface area (Å²) in [5, 5.41) is 3.56. The largest absolute Gasteiger partial charge is 0.376 e. The van der Waals surface area contributed by atoms with E-state index in [1.54, 1.807) is 13.2 Å². The van der Waals surface area contributed by atoms with Crippen LogP contribution in [0, 0.1) is 19.7 Å². The minimum Gasteiger partial charge on any atom is -0.376 e. The molecule has 0 saturated heterocycles. The highest BCUT2D eigenvalue weighted by molar-refractivity contribution is 5.36. The van der Waals surface area contributed by atoms with Gasteiger partial charge in [0.1, 0.15) is 5.82 Å². The maximum Gasteiger partial charge on any atom is 0.128 e. The molecule has 3 heteroatoms. The Morgan fingerprint density at radius 2 is 1.95 bits per heavy atom. The van der Waals surface area contributed by atoms with E-state index in [0.717, 1.165) is 55.3 Å². The average Bonchev–Trinajstić information content (AvgIpc) is 2.91. The lowest BCUT2D eigenvalue weighted by molar-refractivity contribution is -0.0377. The Labute approximate surface area is 128 Å². The van der Waals surface area contributed by atoms with Crippen LogP contribution in [-0.2, 0) is 4.74 Å². The average molecular weight is 293 g/mol. The molecule has 1 atom stereocenters. The van der Waals surface area contributed by atoms with Gasteiger partial charge in [-0.3, -0.25) is 0 Å². The van der Waals surface area contributed by atoms with Crippen LogP contribution in [-0.4, -0.2) is 19.3 Å². The minimum absolute atomic E-state index is 0.0643. The van der Waals surface area contributed by atoms with Crippen molar-refractivity contribution in [3.8, 4) is 0 Å². The van der Waals surface area contributed by atoms with Crippen molar-refractivity contribution in [2.24, 2.45) is 0 Å². The quantitative estimate of drug-likeness (QED) is 0.837. The number of hydrogen-bond acceptors (Lipinski definition) is 2. The molecule has 0 aromatic heterocycles. The maximum absolute atomic E-state index is 14.7. The fraction of sp³-hybridized carbons (Fsp3) is 0.667. The molecule has 1 saturated carbocycles. The zero-order chi connectivity index (χ0) is 15.5. The summed E-state index contributed by atoms with van der Waals surface area (Å²) in [6.07, 6.45) is 5.34. The molecule has 2 nitrogen and oxygen atoms in total. The van der Waals surface area contributed by atoms with E-state index in [4.69, 9.17) is 4.74 Å². The standard InChI is InChI=1S/C18H28FNO/c1-5-10-20-17(18(21-4)8-6-7-9-18)16-14(3)11-13(2)12-15(16)19/h11-12,17,20H,5-10H2,1-4H3. The van der Waals surface area contributed by atoms with Crippen LogP contribution in [0.2, 0.25) is 0 Å². The molecule has 1 aliphatic rings. The fourth-order valence-corrected chi connectivity index (χ4v) is 3.72. The lowest BCUT2D eigenvalue weighted by atomic mass is 9.84. The van der Waals surface area contributed by atoms with Gasteiger partial charge in [0.05, 0.1) is 11.6 Å². The number of hydrogen-bond donors (Lipinski definition) is 1. The molecule has 0 amide bonds. The van der Waals surface area contributed by atoms with E-state index in [-0.39, 0.29) is 17.5 Å². The first-order valence-corrected chi connectivity index (χ1v) is 8.09. The minimum atomic E-state index is -0.268. The van der Waals surface area contributed by atoms with Crippen molar-refractivity contribution in [3.63, 3.8) is 0 Å². The van der Waals surface area contributed by atoms with Gasteiger partial charge in [0.15, 0.2) is 0 Å². The molecule has 0 radical (unpaired) electrons. The summed E-state index contributed by atoms with van der Waals surface area (Å²) in [6.45, 7) is 6.96. The van der Waals surface area contributed by atoms with Gasteiger partial charge in [-0.2, -0.15) is 0 Å². The van der Waals surface area contributed by atoms with Crippen molar-refractivity contribution in [2.45, 2.75) is 64.5 Å². The smallest absolute Gasteiger partial charge is 0.128 e. The third-order valence-electron chi connectivity index (χ3n) is 4.75. The first-order chi connectivity index (χ1) is 10.0. The Morgan fingerprint density at radius 1 is 1.29 bits per heavy atom. The van der Waals surface area contributed by atoms with Crippen LogP contribution >= 0.6 is 0 Å². The fourth-order valence-electron chi connectivity index (χ4n) is 3.72. The van der Waals surface area contributed by atoms with Gasteiger partial charge < -0.3 is 10.1 Å². The highest BCUT2D eigenvalue weighted by atomic mass is 19.1. The number of benzene rings is 1. The van der Waals surface area contributed by atoms with Crippen LogP contribution in [0.1, 0.15) is 61.8 Å². The van der Waals surface area contributed by atoms with E-state index < -0.39 is 0 Å². The van der Waals surface area contributed by atoms with Gasteiger partial charge in [-0.15, -0.1) is 0 Å². The third kappa shape index (κ3) is 3.29. The highest BCUT2D eigenvalue weighted by Gasteiger charge is 2.43. The predicted molar refractivity (Wildman–Crippen MR) is 85.1 cm³/mol. The molecule has 1 fully saturated rings. The Hall–Kier alpha value is -0.930. The molecule has 1 aromatic carbocycles. The molecular weight excluding hydrogens is 265 g/mol. The van der Waals surface area contributed by atoms with Crippen molar-refractivity contribution in [1.82, 2.24) is 5.32 Å². The predicted octanol–water partition coefficient (Wildman–Crippen LogP) is 4.44. The molecule has 0 aliphatic heterocycles. The molecule has 0 spiro atoms. The van der Waals surface area contributed by atoms with Crippen LogP contribution in [0.4, 0.5) is 4.39 Å². The van der Waals surface area contributed by atoms with E-state index in [9.17, 15) is 4.39 Å². The normalized spacial score (nSPS) is 18.9. The van der Waals surface area contributed by atoms with Crippen LogP contribution < -0.4 is 5.32 Å². The van der Waals surface area contributed by atoms with Gasteiger partial charge in [0.25, 0.3) is 0 Å². The van der Waals surface area contributed by atoms with Crippen molar-refractivity contribution in [2.75, 3.05) is 13.7 Å². The van der Waals surface area contributed by atoms with Gasteiger partial charge >= 0.3 is 0 Å². The molecule has 1 aliphatic carbocycles. The molecule has 1 unspecified atom stereocenters.